The summed E-state index contributed by atoms with van der Waals surface area (Å²) >= 11 is 0. The third-order valence-electron chi connectivity index (χ3n) is 2.88. The number of alkyl halides is 3. The van der Waals surface area contributed by atoms with Gasteiger partial charge in [-0.15, -0.1) is 0 Å². The molecule has 22 heavy (non-hydrogen) atoms. The van der Waals surface area contributed by atoms with E-state index in [2.05, 4.69) is 5.32 Å². The van der Waals surface area contributed by atoms with Gasteiger partial charge in [-0.1, -0.05) is 18.2 Å². The molecular formula is C15H21F3N2O2. The van der Waals surface area contributed by atoms with E-state index in [0.717, 1.165) is 6.07 Å². The topological polar surface area (TPSA) is 64.3 Å². The molecule has 0 radical (unpaired) electrons. The number of ether oxygens (including phenoxy) is 1. The predicted octanol–water partition coefficient (Wildman–Crippen LogP) is 3.27. The molecule has 1 aromatic carbocycles. The van der Waals surface area contributed by atoms with Crippen molar-refractivity contribution in [3.8, 4) is 0 Å². The molecule has 0 bridgehead atoms. The number of carbonyl (C=O) groups excluding carboxylic acids is 1. The summed E-state index contributed by atoms with van der Waals surface area (Å²) in [4.78, 5) is 11.6. The molecular weight excluding hydrogens is 297 g/mol. The van der Waals surface area contributed by atoms with Gasteiger partial charge in [0.2, 0.25) is 0 Å². The molecule has 0 saturated carbocycles. The van der Waals surface area contributed by atoms with Crippen molar-refractivity contribution in [3.05, 3.63) is 35.4 Å². The summed E-state index contributed by atoms with van der Waals surface area (Å²) in [7, 11) is 0. The molecule has 0 aliphatic rings. The van der Waals surface area contributed by atoms with E-state index in [9.17, 15) is 18.0 Å². The number of amides is 1. The summed E-state index contributed by atoms with van der Waals surface area (Å²) in [5.74, 6) is -0.648. The molecule has 0 heterocycles. The van der Waals surface area contributed by atoms with Gasteiger partial charge < -0.3 is 15.8 Å². The minimum atomic E-state index is -4.46. The second-order valence-electron chi connectivity index (χ2n) is 5.90. The van der Waals surface area contributed by atoms with Crippen molar-refractivity contribution < 1.29 is 22.7 Å². The molecule has 0 spiro atoms. The van der Waals surface area contributed by atoms with Gasteiger partial charge in [-0.3, -0.25) is 0 Å². The number of benzene rings is 1. The molecule has 1 rings (SSSR count). The Kier molecular flexibility index (Phi) is 5.82. The predicted molar refractivity (Wildman–Crippen MR) is 77.5 cm³/mol. The van der Waals surface area contributed by atoms with Crippen molar-refractivity contribution in [2.75, 3.05) is 13.1 Å². The third kappa shape index (κ3) is 5.55. The van der Waals surface area contributed by atoms with Crippen LogP contribution in [-0.4, -0.2) is 24.8 Å². The largest absolute Gasteiger partial charge is 0.444 e. The zero-order chi connectivity index (χ0) is 17.0. The van der Waals surface area contributed by atoms with E-state index in [-0.39, 0.29) is 18.7 Å². The van der Waals surface area contributed by atoms with Gasteiger partial charge in [0.15, 0.2) is 0 Å². The minimum Gasteiger partial charge on any atom is -0.444 e. The van der Waals surface area contributed by atoms with Crippen LogP contribution in [0.4, 0.5) is 18.0 Å². The van der Waals surface area contributed by atoms with E-state index in [1.807, 2.05) is 0 Å². The van der Waals surface area contributed by atoms with Gasteiger partial charge in [-0.05, 0) is 32.4 Å². The molecule has 7 heteroatoms. The smallest absolute Gasteiger partial charge is 0.416 e. The van der Waals surface area contributed by atoms with E-state index >= 15 is 0 Å². The first-order valence-electron chi connectivity index (χ1n) is 6.87. The average Bonchev–Trinajstić information content (AvgIpc) is 2.36. The molecule has 124 valence electrons. The molecule has 0 aliphatic heterocycles. The van der Waals surface area contributed by atoms with Crippen LogP contribution < -0.4 is 11.1 Å². The van der Waals surface area contributed by atoms with Crippen LogP contribution in [0.25, 0.3) is 0 Å². The summed E-state index contributed by atoms with van der Waals surface area (Å²) in [6.07, 6.45) is -5.15. The van der Waals surface area contributed by atoms with Gasteiger partial charge in [0.25, 0.3) is 0 Å². The molecule has 1 atom stereocenters. The fourth-order valence-electron chi connectivity index (χ4n) is 1.95. The molecule has 0 aromatic heterocycles. The molecule has 1 aromatic rings. The third-order valence-corrected chi connectivity index (χ3v) is 2.88. The maximum atomic E-state index is 13.0. The number of rotatable bonds is 4. The average molecular weight is 318 g/mol. The zero-order valence-electron chi connectivity index (χ0n) is 12.8. The van der Waals surface area contributed by atoms with E-state index in [1.54, 1.807) is 20.8 Å². The minimum absolute atomic E-state index is 0.0249. The van der Waals surface area contributed by atoms with Crippen molar-refractivity contribution >= 4 is 6.09 Å². The monoisotopic (exact) mass is 318 g/mol. The highest BCUT2D eigenvalue weighted by Gasteiger charge is 2.34. The van der Waals surface area contributed by atoms with E-state index < -0.39 is 29.4 Å². The normalized spacial score (nSPS) is 13.6. The van der Waals surface area contributed by atoms with Gasteiger partial charge in [-0.25, -0.2) is 4.79 Å². The van der Waals surface area contributed by atoms with Crippen molar-refractivity contribution in [2.24, 2.45) is 5.73 Å². The van der Waals surface area contributed by atoms with Crippen molar-refractivity contribution in [1.82, 2.24) is 5.32 Å². The SMILES string of the molecule is CC(C)(C)OC(=O)NCC(CN)c1ccccc1C(F)(F)F. The van der Waals surface area contributed by atoms with Gasteiger partial charge >= 0.3 is 12.3 Å². The fraction of sp³-hybridized carbons (Fsp3) is 0.533. The highest BCUT2D eigenvalue weighted by molar-refractivity contribution is 5.67. The maximum absolute atomic E-state index is 13.0. The van der Waals surface area contributed by atoms with Crippen LogP contribution in [0.15, 0.2) is 24.3 Å². The summed E-state index contributed by atoms with van der Waals surface area (Å²) in [6, 6.07) is 5.21. The number of alkyl carbamates (subject to hydrolysis) is 1. The Labute approximate surface area is 127 Å². The van der Waals surface area contributed by atoms with E-state index in [0.29, 0.717) is 0 Å². The Balaban J connectivity index is 2.84. The number of nitrogens with one attached hydrogen (secondary N) is 1. The number of halogens is 3. The highest BCUT2D eigenvalue weighted by atomic mass is 19.4. The van der Waals surface area contributed by atoms with E-state index in [4.69, 9.17) is 10.5 Å². The lowest BCUT2D eigenvalue weighted by molar-refractivity contribution is -0.138. The highest BCUT2D eigenvalue weighted by Crippen LogP contribution is 2.34. The Bertz CT molecular complexity index is 510. The molecule has 0 aliphatic carbocycles. The number of carbonyl (C=O) groups is 1. The standard InChI is InChI=1S/C15H21F3N2O2/c1-14(2,3)22-13(21)20-9-10(8-19)11-6-4-5-7-12(11)15(16,17)18/h4-7,10H,8-9,19H2,1-3H3,(H,20,21). The van der Waals surface area contributed by atoms with Gasteiger partial charge in [0.1, 0.15) is 5.60 Å². The molecule has 4 nitrogen and oxygen atoms in total. The van der Waals surface area contributed by atoms with Crippen LogP contribution in [0, 0.1) is 0 Å². The first-order valence-corrected chi connectivity index (χ1v) is 6.87. The van der Waals surface area contributed by atoms with Crippen molar-refractivity contribution in [1.29, 1.82) is 0 Å². The first kappa shape index (κ1) is 18.3. The van der Waals surface area contributed by atoms with E-state index in [1.165, 1.54) is 18.2 Å². The van der Waals surface area contributed by atoms with Crippen LogP contribution in [0.5, 0.6) is 0 Å². The Morgan fingerprint density at radius 3 is 2.36 bits per heavy atom. The van der Waals surface area contributed by atoms with Crippen LogP contribution in [0.3, 0.4) is 0 Å². The Hall–Kier alpha value is -1.76. The molecule has 0 saturated heterocycles. The van der Waals surface area contributed by atoms with Crippen LogP contribution in [0.1, 0.15) is 37.8 Å². The van der Waals surface area contributed by atoms with Crippen LogP contribution in [0.2, 0.25) is 0 Å². The number of nitrogens with two attached hydrogens (primary N) is 1. The number of hydrogen-bond acceptors (Lipinski definition) is 3. The van der Waals surface area contributed by atoms with Gasteiger partial charge in [0.05, 0.1) is 5.56 Å². The maximum Gasteiger partial charge on any atom is 0.416 e. The second-order valence-corrected chi connectivity index (χ2v) is 5.90. The second kappa shape index (κ2) is 7.00. The molecule has 1 unspecified atom stereocenters. The van der Waals surface area contributed by atoms with Crippen LogP contribution >= 0.6 is 0 Å². The number of hydrogen-bond donors (Lipinski definition) is 2. The summed E-state index contributed by atoms with van der Waals surface area (Å²) < 4.78 is 44.1. The molecule has 0 fully saturated rings. The van der Waals surface area contributed by atoms with Crippen molar-refractivity contribution in [2.45, 2.75) is 38.5 Å². The Morgan fingerprint density at radius 1 is 1.27 bits per heavy atom. The fourth-order valence-corrected chi connectivity index (χ4v) is 1.95. The Morgan fingerprint density at radius 2 is 1.86 bits per heavy atom. The lowest BCUT2D eigenvalue weighted by Crippen LogP contribution is -2.36. The van der Waals surface area contributed by atoms with Gasteiger partial charge in [-0.2, -0.15) is 13.2 Å². The summed E-state index contributed by atoms with van der Waals surface area (Å²) in [6.45, 7) is 5.05. The molecule has 1 amide bonds. The van der Waals surface area contributed by atoms with Crippen LogP contribution in [-0.2, 0) is 10.9 Å². The first-order chi connectivity index (χ1) is 10.0. The quantitative estimate of drug-likeness (QED) is 0.895. The lowest BCUT2D eigenvalue weighted by Gasteiger charge is -2.23. The van der Waals surface area contributed by atoms with Crippen molar-refractivity contribution in [3.63, 3.8) is 0 Å². The summed E-state index contributed by atoms with van der Waals surface area (Å²) in [5.41, 5.74) is 4.22. The van der Waals surface area contributed by atoms with Gasteiger partial charge in [0, 0.05) is 19.0 Å². The summed E-state index contributed by atoms with van der Waals surface area (Å²) in [5, 5.41) is 2.46. The molecule has 3 N–H and O–H groups in total. The lowest BCUT2D eigenvalue weighted by atomic mass is 9.94. The zero-order valence-corrected chi connectivity index (χ0v) is 12.8.